The molecule has 0 unspecified atom stereocenters. The SMILES string of the molecule is Cc1ccc(S(=O)(=O)NC(C)(C)CSSCc2ccccc2)cc1. The van der Waals surface area contributed by atoms with Gasteiger partial charge >= 0.3 is 0 Å². The van der Waals surface area contributed by atoms with E-state index in [0.29, 0.717) is 10.6 Å². The molecule has 2 aromatic carbocycles. The molecule has 2 rings (SSSR count). The summed E-state index contributed by atoms with van der Waals surface area (Å²) < 4.78 is 27.8. The van der Waals surface area contributed by atoms with Crippen molar-refractivity contribution in [3.05, 3.63) is 65.7 Å². The minimum absolute atomic E-state index is 0.308. The Hall–Kier alpha value is -0.950. The van der Waals surface area contributed by atoms with Gasteiger partial charge in [-0.25, -0.2) is 13.1 Å². The highest BCUT2D eigenvalue weighted by Crippen LogP contribution is 2.29. The zero-order valence-electron chi connectivity index (χ0n) is 14.2. The fourth-order valence-electron chi connectivity index (χ4n) is 2.04. The van der Waals surface area contributed by atoms with E-state index in [-0.39, 0.29) is 0 Å². The Morgan fingerprint density at radius 2 is 1.58 bits per heavy atom. The highest BCUT2D eigenvalue weighted by Gasteiger charge is 2.26. The fourth-order valence-corrected chi connectivity index (χ4v) is 6.20. The van der Waals surface area contributed by atoms with E-state index < -0.39 is 15.6 Å². The molecule has 0 saturated carbocycles. The molecule has 0 aliphatic rings. The van der Waals surface area contributed by atoms with Gasteiger partial charge in [0.05, 0.1) is 4.90 Å². The van der Waals surface area contributed by atoms with Crippen LogP contribution in [0.3, 0.4) is 0 Å². The van der Waals surface area contributed by atoms with Crippen LogP contribution in [0.4, 0.5) is 0 Å². The van der Waals surface area contributed by atoms with Crippen molar-refractivity contribution >= 4 is 31.6 Å². The van der Waals surface area contributed by atoms with Gasteiger partial charge in [-0.05, 0) is 38.5 Å². The Bertz CT molecular complexity index is 742. The van der Waals surface area contributed by atoms with Crippen molar-refractivity contribution < 1.29 is 8.42 Å². The molecule has 0 atom stereocenters. The van der Waals surface area contributed by atoms with Crippen LogP contribution in [0.5, 0.6) is 0 Å². The van der Waals surface area contributed by atoms with Gasteiger partial charge in [-0.1, -0.05) is 69.6 Å². The van der Waals surface area contributed by atoms with Gasteiger partial charge in [0.25, 0.3) is 0 Å². The number of benzene rings is 2. The maximum absolute atomic E-state index is 12.5. The topological polar surface area (TPSA) is 46.2 Å². The molecule has 130 valence electrons. The van der Waals surface area contributed by atoms with E-state index in [1.165, 1.54) is 5.56 Å². The smallest absolute Gasteiger partial charge is 0.207 e. The Balaban J connectivity index is 1.87. The highest BCUT2D eigenvalue weighted by molar-refractivity contribution is 8.76. The lowest BCUT2D eigenvalue weighted by atomic mass is 10.1. The third-order valence-electron chi connectivity index (χ3n) is 3.31. The van der Waals surface area contributed by atoms with Gasteiger partial charge in [-0.2, -0.15) is 0 Å². The molecule has 0 amide bonds. The summed E-state index contributed by atoms with van der Waals surface area (Å²) in [5, 5.41) is 0. The van der Waals surface area contributed by atoms with E-state index in [0.717, 1.165) is 11.3 Å². The van der Waals surface area contributed by atoms with Crippen LogP contribution in [0.15, 0.2) is 59.5 Å². The standard InChI is InChI=1S/C18H23NO2S3/c1-15-9-11-17(12-10-15)24(20,21)19-18(2,3)14-23-22-13-16-7-5-4-6-8-16/h4-12,19H,13-14H2,1-3H3. The quantitative estimate of drug-likeness (QED) is 0.535. The summed E-state index contributed by atoms with van der Waals surface area (Å²) in [4.78, 5) is 0.308. The minimum atomic E-state index is -3.50. The first-order chi connectivity index (χ1) is 11.3. The maximum Gasteiger partial charge on any atom is 0.241 e. The Kier molecular flexibility index (Phi) is 6.80. The maximum atomic E-state index is 12.5. The predicted molar refractivity (Wildman–Crippen MR) is 106 cm³/mol. The van der Waals surface area contributed by atoms with Crippen LogP contribution < -0.4 is 4.72 Å². The molecule has 0 aromatic heterocycles. The summed E-state index contributed by atoms with van der Waals surface area (Å²) in [6.45, 7) is 5.76. The minimum Gasteiger partial charge on any atom is -0.207 e. The molecule has 0 heterocycles. The van der Waals surface area contributed by atoms with Gasteiger partial charge in [0.1, 0.15) is 0 Å². The van der Waals surface area contributed by atoms with Crippen LogP contribution in [0.2, 0.25) is 0 Å². The lowest BCUT2D eigenvalue weighted by Crippen LogP contribution is -2.45. The molecule has 0 saturated heterocycles. The summed E-state index contributed by atoms with van der Waals surface area (Å²) in [6, 6.07) is 17.2. The summed E-state index contributed by atoms with van der Waals surface area (Å²) >= 11 is 0. The Morgan fingerprint density at radius 1 is 0.958 bits per heavy atom. The van der Waals surface area contributed by atoms with Crippen LogP contribution >= 0.6 is 21.6 Å². The predicted octanol–water partition coefficient (Wildman–Crippen LogP) is 4.63. The van der Waals surface area contributed by atoms with Crippen LogP contribution in [0.1, 0.15) is 25.0 Å². The number of rotatable bonds is 8. The third kappa shape index (κ3) is 6.16. The number of hydrogen-bond donors (Lipinski definition) is 1. The van der Waals surface area contributed by atoms with Crippen molar-refractivity contribution in [1.29, 1.82) is 0 Å². The molecule has 3 nitrogen and oxygen atoms in total. The average molecular weight is 382 g/mol. The van der Waals surface area contributed by atoms with Gasteiger partial charge in [-0.3, -0.25) is 0 Å². The second kappa shape index (κ2) is 8.43. The molecule has 0 fully saturated rings. The lowest BCUT2D eigenvalue weighted by Gasteiger charge is -2.25. The van der Waals surface area contributed by atoms with Crippen molar-refractivity contribution in [2.45, 2.75) is 37.0 Å². The highest BCUT2D eigenvalue weighted by atomic mass is 33.1. The zero-order valence-corrected chi connectivity index (χ0v) is 16.6. The Labute approximate surface area is 153 Å². The molecule has 0 aliphatic heterocycles. The summed E-state index contributed by atoms with van der Waals surface area (Å²) in [5.41, 5.74) is 1.80. The van der Waals surface area contributed by atoms with Gasteiger partial charge in [0.15, 0.2) is 0 Å². The number of nitrogens with one attached hydrogen (secondary N) is 1. The van der Waals surface area contributed by atoms with E-state index >= 15 is 0 Å². The van der Waals surface area contributed by atoms with Crippen molar-refractivity contribution in [2.24, 2.45) is 0 Å². The summed E-state index contributed by atoms with van der Waals surface area (Å²) in [7, 11) is -0.0747. The molecule has 0 aliphatic carbocycles. The average Bonchev–Trinajstić information content (AvgIpc) is 2.52. The second-order valence-corrected chi connectivity index (χ2v) is 10.5. The number of sulfonamides is 1. The van der Waals surface area contributed by atoms with Crippen LogP contribution in [-0.2, 0) is 15.8 Å². The van der Waals surface area contributed by atoms with E-state index in [4.69, 9.17) is 0 Å². The molecular weight excluding hydrogens is 358 g/mol. The zero-order chi connectivity index (χ0) is 17.6. The van der Waals surface area contributed by atoms with Gasteiger partial charge in [0.2, 0.25) is 10.0 Å². The molecule has 0 radical (unpaired) electrons. The van der Waals surface area contributed by atoms with Crippen molar-refractivity contribution in [3.8, 4) is 0 Å². The summed E-state index contributed by atoms with van der Waals surface area (Å²) in [6.07, 6.45) is 0. The molecule has 0 bridgehead atoms. The molecule has 2 aromatic rings. The fraction of sp³-hybridized carbons (Fsp3) is 0.333. The molecule has 24 heavy (non-hydrogen) atoms. The summed E-state index contributed by atoms with van der Waals surface area (Å²) in [5.74, 6) is 1.60. The van der Waals surface area contributed by atoms with Crippen LogP contribution in [0.25, 0.3) is 0 Å². The van der Waals surface area contributed by atoms with Crippen LogP contribution in [0, 0.1) is 6.92 Å². The first-order valence-corrected chi connectivity index (χ1v) is 11.6. The molecule has 0 spiro atoms. The number of aryl methyl sites for hydroxylation is 1. The largest absolute Gasteiger partial charge is 0.241 e. The van der Waals surface area contributed by atoms with Gasteiger partial charge in [-0.15, -0.1) is 0 Å². The van der Waals surface area contributed by atoms with E-state index in [1.807, 2.05) is 51.1 Å². The molecular formula is C18H23NO2S3. The first kappa shape index (κ1) is 19.4. The second-order valence-electron chi connectivity index (χ2n) is 6.31. The number of hydrogen-bond acceptors (Lipinski definition) is 4. The van der Waals surface area contributed by atoms with E-state index in [2.05, 4.69) is 16.9 Å². The Morgan fingerprint density at radius 3 is 2.21 bits per heavy atom. The van der Waals surface area contributed by atoms with Gasteiger partial charge in [0, 0.05) is 17.0 Å². The van der Waals surface area contributed by atoms with E-state index in [1.54, 1.807) is 33.7 Å². The van der Waals surface area contributed by atoms with Gasteiger partial charge < -0.3 is 0 Å². The van der Waals surface area contributed by atoms with Crippen LogP contribution in [-0.4, -0.2) is 19.7 Å². The lowest BCUT2D eigenvalue weighted by molar-refractivity contribution is 0.499. The molecule has 6 heteroatoms. The van der Waals surface area contributed by atoms with Crippen molar-refractivity contribution in [1.82, 2.24) is 4.72 Å². The van der Waals surface area contributed by atoms with Crippen molar-refractivity contribution in [2.75, 3.05) is 5.75 Å². The van der Waals surface area contributed by atoms with E-state index in [9.17, 15) is 8.42 Å². The molecule has 1 N–H and O–H groups in total. The van der Waals surface area contributed by atoms with Crippen molar-refractivity contribution in [3.63, 3.8) is 0 Å². The normalized spacial score (nSPS) is 12.3. The third-order valence-corrected chi connectivity index (χ3v) is 7.69. The first-order valence-electron chi connectivity index (χ1n) is 7.67. The monoisotopic (exact) mass is 381 g/mol.